The van der Waals surface area contributed by atoms with Crippen LogP contribution in [0.4, 0.5) is 4.39 Å². The Kier molecular flexibility index (Phi) is 5.46. The van der Waals surface area contributed by atoms with E-state index in [9.17, 15) is 19.6 Å². The molecule has 144 valence electrons. The third kappa shape index (κ3) is 3.60. The first-order chi connectivity index (χ1) is 12.1. The average molecular weight is 418 g/mol. The second-order valence-corrected chi connectivity index (χ2v) is 8.17. The Bertz CT molecular complexity index is 976. The quantitative estimate of drug-likeness (QED) is 0.141. The second-order valence-electron chi connectivity index (χ2n) is 6.60. The van der Waals surface area contributed by atoms with E-state index in [-0.39, 0.29) is 10.2 Å². The Balaban J connectivity index is 2.63. The van der Waals surface area contributed by atoms with Crippen LogP contribution in [0.15, 0.2) is 11.0 Å². The van der Waals surface area contributed by atoms with Crippen LogP contribution in [0, 0.1) is 17.0 Å². The summed E-state index contributed by atoms with van der Waals surface area (Å²) in [6.07, 6.45) is 1.92. The van der Waals surface area contributed by atoms with E-state index in [1.807, 2.05) is 0 Å². The summed E-state index contributed by atoms with van der Waals surface area (Å²) < 4.78 is 36.9. The number of H-pyrrole nitrogens is 1. The molecule has 0 aromatic carbocycles. The van der Waals surface area contributed by atoms with Gasteiger partial charge in [-0.3, -0.25) is 14.1 Å². The van der Waals surface area contributed by atoms with Crippen molar-refractivity contribution in [3.8, 4) is 12.3 Å². The van der Waals surface area contributed by atoms with Gasteiger partial charge in [0, 0.05) is 6.20 Å². The van der Waals surface area contributed by atoms with Crippen molar-refractivity contribution < 1.29 is 38.2 Å². The minimum Gasteiger partial charge on any atom is -0.386 e. The minimum absolute atomic E-state index is 0.0261. The number of aromatic nitrogens is 2. The van der Waals surface area contributed by atoms with Crippen LogP contribution < -0.4 is 5.69 Å². The number of alkyl halides is 1. The first kappa shape index (κ1) is 22.1. The van der Waals surface area contributed by atoms with Gasteiger partial charge in [0.1, 0.15) is 38.2 Å². The van der Waals surface area contributed by atoms with E-state index in [0.29, 0.717) is 4.57 Å². The van der Waals surface area contributed by atoms with Gasteiger partial charge in [0.05, 0.1) is 11.0 Å². The van der Waals surface area contributed by atoms with Gasteiger partial charge < -0.3 is 24.7 Å². The van der Waals surface area contributed by atoms with Gasteiger partial charge in [0.25, 0.3) is 5.85 Å². The molecule has 0 unspecified atom stereocenters. The minimum atomic E-state index is -5.20. The second kappa shape index (κ2) is 6.68. The van der Waals surface area contributed by atoms with E-state index < -0.39 is 42.6 Å². The molecule has 4 atom stereocenters. The lowest BCUT2D eigenvalue weighted by Gasteiger charge is -2.39. The van der Waals surface area contributed by atoms with Crippen LogP contribution in [0.1, 0.15) is 5.56 Å². The highest BCUT2D eigenvalue weighted by atomic mass is 32.1. The molecule has 0 bridgehead atoms. The Morgan fingerprint density at radius 1 is 1.48 bits per heavy atom. The molecule has 1 saturated heterocycles. The first-order valence-corrected chi connectivity index (χ1v) is 9.37. The summed E-state index contributed by atoms with van der Waals surface area (Å²) in [5.74, 6) is -1.12. The fourth-order valence-corrected chi connectivity index (χ4v) is 3.77. The average Bonchev–Trinajstić information content (AvgIpc) is 2.68. The van der Waals surface area contributed by atoms with E-state index in [0.717, 1.165) is 29.7 Å². The molecule has 2 rings (SSSR count). The Labute approximate surface area is 160 Å². The number of rotatable bonds is 4. The highest BCUT2D eigenvalue weighted by Crippen LogP contribution is 2.50. The Morgan fingerprint density at radius 3 is 2.52 bits per heavy atom. The van der Waals surface area contributed by atoms with Crippen molar-refractivity contribution >= 4 is 43.6 Å². The Hall–Kier alpha value is -1.23. The van der Waals surface area contributed by atoms with E-state index >= 15 is 4.39 Å². The number of hydrogen-bond acceptors (Lipinski definition) is 7. The molecule has 1 aromatic heterocycles. The van der Waals surface area contributed by atoms with E-state index in [2.05, 4.69) is 15.4 Å². The first-order valence-electron chi connectivity index (χ1n) is 7.43. The van der Waals surface area contributed by atoms with Gasteiger partial charge in [-0.2, -0.15) is 0 Å². The molecule has 0 aliphatic carbocycles. The topological polar surface area (TPSA) is 154 Å². The maximum absolute atomic E-state index is 15.6. The summed E-state index contributed by atoms with van der Waals surface area (Å²) in [4.78, 5) is 32.5. The number of aliphatic hydroxyl groups excluding tert-OH is 2. The van der Waals surface area contributed by atoms with Gasteiger partial charge in [-0.15, -0.1) is 6.42 Å². The number of nitrogens with zero attached hydrogens (tertiary/aromatic N) is 1. The van der Waals surface area contributed by atoms with Gasteiger partial charge in [0.15, 0.2) is 7.85 Å². The van der Waals surface area contributed by atoms with Gasteiger partial charge in [-0.25, -0.2) is 13.8 Å². The molecule has 1 fully saturated rings. The summed E-state index contributed by atoms with van der Waals surface area (Å²) in [5, 5.41) is 18.2. The maximum atomic E-state index is 15.6. The zero-order valence-corrected chi connectivity index (χ0v) is 16.1. The van der Waals surface area contributed by atoms with Crippen LogP contribution in [-0.4, -0.2) is 76.6 Å². The molecular weight excluding hydrogens is 403 g/mol. The summed E-state index contributed by atoms with van der Waals surface area (Å²) in [7, 11) is -2.31. The monoisotopic (exact) mass is 418 g/mol. The molecule has 0 saturated carbocycles. The van der Waals surface area contributed by atoms with Crippen LogP contribution in [0.25, 0.3) is 0 Å². The van der Waals surface area contributed by atoms with E-state index in [1.54, 1.807) is 0 Å². The molecule has 0 radical (unpaired) electrons. The number of aromatic amines is 1. The predicted octanol–water partition coefficient (Wildman–Crippen LogP) is -4.42. The molecule has 1 aromatic rings. The number of phosphoric acid groups is 1. The van der Waals surface area contributed by atoms with Crippen LogP contribution in [0.5, 0.6) is 0 Å². The molecular formula is C11H15B3FN2O8PS. The Morgan fingerprint density at radius 2 is 2.04 bits per heavy atom. The maximum Gasteiger partial charge on any atom is 0.468 e. The highest BCUT2D eigenvalue weighted by Gasteiger charge is 2.68. The van der Waals surface area contributed by atoms with Gasteiger partial charge in [-0.05, 0) is 0 Å². The summed E-state index contributed by atoms with van der Waals surface area (Å²) in [6.45, 7) is 0. The SMILES string of the molecule is BC(B)(OP(=O)(O)O)[C@@]1(F)O[C@@](B)(n2cc(C#C)c(=S)[nH]c2=O)[C@H](O)[C@@H]1O. The van der Waals surface area contributed by atoms with Crippen molar-refractivity contribution in [1.82, 2.24) is 9.55 Å². The molecule has 0 spiro atoms. The zero-order chi connectivity index (χ0) is 21.0. The fourth-order valence-electron chi connectivity index (χ4n) is 2.85. The molecule has 1 aliphatic rings. The molecule has 2 heterocycles. The van der Waals surface area contributed by atoms with E-state index in [1.165, 1.54) is 0 Å². The zero-order valence-electron chi connectivity index (χ0n) is 14.4. The van der Waals surface area contributed by atoms with E-state index in [4.69, 9.17) is 33.2 Å². The number of terminal acetylenes is 1. The lowest BCUT2D eigenvalue weighted by molar-refractivity contribution is -0.240. The smallest absolute Gasteiger partial charge is 0.386 e. The summed E-state index contributed by atoms with van der Waals surface area (Å²) in [5.41, 5.74) is -3.12. The molecule has 1 aliphatic heterocycles. The number of ether oxygens (including phenoxy) is 1. The fraction of sp³-hybridized carbons (Fsp3) is 0.455. The third-order valence-electron chi connectivity index (χ3n) is 4.33. The lowest BCUT2D eigenvalue weighted by atomic mass is 9.59. The molecule has 16 heteroatoms. The van der Waals surface area contributed by atoms with Crippen molar-refractivity contribution in [2.24, 2.45) is 0 Å². The molecule has 5 N–H and O–H groups in total. The van der Waals surface area contributed by atoms with Crippen molar-refractivity contribution in [2.75, 3.05) is 0 Å². The van der Waals surface area contributed by atoms with Gasteiger partial charge in [0.2, 0.25) is 0 Å². The van der Waals surface area contributed by atoms with Crippen LogP contribution in [0.2, 0.25) is 0 Å². The summed E-state index contributed by atoms with van der Waals surface area (Å²) >= 11 is 4.88. The van der Waals surface area contributed by atoms with Crippen LogP contribution in [0.3, 0.4) is 0 Å². The lowest BCUT2D eigenvalue weighted by Crippen LogP contribution is -2.60. The highest BCUT2D eigenvalue weighted by molar-refractivity contribution is 7.71. The van der Waals surface area contributed by atoms with Crippen molar-refractivity contribution in [3.63, 3.8) is 0 Å². The van der Waals surface area contributed by atoms with Crippen molar-refractivity contribution in [1.29, 1.82) is 0 Å². The number of hydrogen-bond donors (Lipinski definition) is 5. The third-order valence-corrected chi connectivity index (χ3v) is 5.34. The number of nitrogens with one attached hydrogen (secondary N) is 1. The number of phosphoric ester groups is 1. The number of halogens is 1. The molecule has 10 nitrogen and oxygen atoms in total. The van der Waals surface area contributed by atoms with Crippen LogP contribution >= 0.6 is 20.0 Å². The van der Waals surface area contributed by atoms with Crippen molar-refractivity contribution in [3.05, 3.63) is 26.9 Å². The summed E-state index contributed by atoms with van der Waals surface area (Å²) in [6, 6.07) is 0. The number of aliphatic hydroxyl groups is 2. The van der Waals surface area contributed by atoms with Crippen molar-refractivity contribution in [2.45, 2.75) is 29.1 Å². The normalized spacial score (nSPS) is 31.6. The largest absolute Gasteiger partial charge is 0.468 e. The predicted molar refractivity (Wildman–Crippen MR) is 100 cm³/mol. The van der Waals surface area contributed by atoms with Gasteiger partial charge >= 0.3 is 13.5 Å². The molecule has 0 amide bonds. The standard InChI is InChI=1S/C11H15B3FN2O8PS/c1-2-4-3-17(8(20)16-7(4)27)10(12)6(19)5(18)9(15,24-10)11(13,14)25-26(21,22)23/h1,3,5-6,18-19H,12-14H2,(H,16,20,27)(H2,21,22,23)/t5-,6+,9-,10-/m0/s1. The molecule has 27 heavy (non-hydrogen) atoms. The van der Waals surface area contributed by atoms with Crippen LogP contribution in [-0.2, 0) is 19.4 Å². The van der Waals surface area contributed by atoms with Gasteiger partial charge in [-0.1, -0.05) is 18.1 Å².